The van der Waals surface area contributed by atoms with Crippen molar-refractivity contribution in [3.05, 3.63) is 23.3 Å². The van der Waals surface area contributed by atoms with Crippen LogP contribution in [0.3, 0.4) is 0 Å². The summed E-state index contributed by atoms with van der Waals surface area (Å²) in [5.41, 5.74) is -1.20. The molecule has 0 saturated heterocycles. The van der Waals surface area contributed by atoms with Gasteiger partial charge in [-0.1, -0.05) is 17.4 Å². The van der Waals surface area contributed by atoms with E-state index in [4.69, 9.17) is 0 Å². The van der Waals surface area contributed by atoms with Crippen LogP contribution in [0.2, 0.25) is 0 Å². The minimum absolute atomic E-state index is 0.167. The molecule has 1 amide bonds. The maximum atomic E-state index is 13.7. The van der Waals surface area contributed by atoms with E-state index in [1.54, 1.807) is 18.3 Å². The molecule has 6 nitrogen and oxygen atoms in total. The summed E-state index contributed by atoms with van der Waals surface area (Å²) in [4.78, 5) is 27.3. The molecule has 25 heavy (non-hydrogen) atoms. The highest BCUT2D eigenvalue weighted by atomic mass is 32.1. The van der Waals surface area contributed by atoms with Crippen molar-refractivity contribution < 1.29 is 27.5 Å². The number of esters is 1. The summed E-state index contributed by atoms with van der Waals surface area (Å²) in [6.07, 6.45) is -5.16. The van der Waals surface area contributed by atoms with E-state index in [-0.39, 0.29) is 5.13 Å². The zero-order valence-corrected chi connectivity index (χ0v) is 14.7. The average Bonchev–Trinajstić information content (AvgIpc) is 2.86. The number of anilines is 1. The smallest absolute Gasteiger partial charge is 0.442 e. The van der Waals surface area contributed by atoms with E-state index in [1.807, 2.05) is 18.3 Å². The Bertz CT molecular complexity index is 835. The van der Waals surface area contributed by atoms with Gasteiger partial charge in [-0.05, 0) is 31.0 Å². The first-order valence-corrected chi connectivity index (χ1v) is 7.91. The number of nitrogens with one attached hydrogen (secondary N) is 2. The van der Waals surface area contributed by atoms with Gasteiger partial charge in [0.05, 0.1) is 17.3 Å². The van der Waals surface area contributed by atoms with Crippen molar-refractivity contribution in [1.29, 1.82) is 0 Å². The molecule has 0 radical (unpaired) electrons. The van der Waals surface area contributed by atoms with Crippen molar-refractivity contribution >= 4 is 38.6 Å². The second-order valence-corrected chi connectivity index (χ2v) is 6.52. The number of ether oxygens (including phenoxy) is 1. The van der Waals surface area contributed by atoms with Crippen molar-refractivity contribution in [3.8, 4) is 0 Å². The third-order valence-electron chi connectivity index (χ3n) is 3.40. The first-order valence-electron chi connectivity index (χ1n) is 7.10. The van der Waals surface area contributed by atoms with E-state index >= 15 is 0 Å². The number of alkyl halides is 3. The van der Waals surface area contributed by atoms with Crippen LogP contribution < -0.4 is 10.6 Å². The first-order chi connectivity index (χ1) is 11.5. The van der Waals surface area contributed by atoms with Crippen LogP contribution in [0.25, 0.3) is 10.2 Å². The predicted octanol–water partition coefficient (Wildman–Crippen LogP) is 2.89. The molecule has 2 rings (SSSR count). The number of rotatable bonds is 4. The molecule has 0 aliphatic heterocycles. The van der Waals surface area contributed by atoms with Crippen molar-refractivity contribution in [2.75, 3.05) is 12.4 Å². The molecular formula is C15H16F3N3O3S. The van der Waals surface area contributed by atoms with Crippen molar-refractivity contribution in [2.45, 2.75) is 32.6 Å². The summed E-state index contributed by atoms with van der Waals surface area (Å²) in [6, 6.07) is 3.62. The number of aryl methyl sites for hydroxylation is 2. The van der Waals surface area contributed by atoms with Gasteiger partial charge in [0.25, 0.3) is 0 Å². The normalized spacial score (nSPS) is 14.0. The number of nitrogens with zero attached hydrogens (tertiary/aromatic N) is 1. The van der Waals surface area contributed by atoms with Gasteiger partial charge < -0.3 is 15.4 Å². The number of thiazole rings is 1. The maximum Gasteiger partial charge on any atom is 0.442 e. The standard InChI is InChI=1S/C15H16F3N3O3S/c1-7-5-8(2)11-10(6-7)25-13(19-11)21-14(12(23)24-4,15(16,17)18)20-9(3)22/h5-6H,1-4H3,(H,19,21)(H,20,22)/t14-/m1/s1. The molecular weight excluding hydrogens is 359 g/mol. The van der Waals surface area contributed by atoms with Gasteiger partial charge in [-0.2, -0.15) is 13.2 Å². The average molecular weight is 375 g/mol. The van der Waals surface area contributed by atoms with Gasteiger partial charge in [0, 0.05) is 6.92 Å². The minimum atomic E-state index is -5.16. The Hall–Kier alpha value is -2.36. The molecule has 1 aromatic heterocycles. The summed E-state index contributed by atoms with van der Waals surface area (Å²) < 4.78 is 45.9. The second kappa shape index (κ2) is 6.51. The van der Waals surface area contributed by atoms with Gasteiger partial charge in [-0.15, -0.1) is 0 Å². The molecule has 10 heteroatoms. The summed E-state index contributed by atoms with van der Waals surface area (Å²) in [5, 5.41) is 3.48. The van der Waals surface area contributed by atoms with Crippen molar-refractivity contribution in [2.24, 2.45) is 0 Å². The molecule has 0 unspecified atom stereocenters. The Morgan fingerprint density at radius 2 is 1.88 bits per heavy atom. The number of carbonyl (C=O) groups is 2. The Kier molecular flexibility index (Phi) is 4.94. The predicted molar refractivity (Wildman–Crippen MR) is 87.3 cm³/mol. The zero-order valence-electron chi connectivity index (χ0n) is 13.9. The van der Waals surface area contributed by atoms with Crippen LogP contribution in [-0.4, -0.2) is 35.8 Å². The van der Waals surface area contributed by atoms with Gasteiger partial charge >= 0.3 is 17.8 Å². The molecule has 0 aliphatic carbocycles. The topological polar surface area (TPSA) is 80.3 Å². The summed E-state index contributed by atoms with van der Waals surface area (Å²) >= 11 is 0.942. The molecule has 1 heterocycles. The van der Waals surface area contributed by atoms with Crippen LogP contribution in [0.15, 0.2) is 12.1 Å². The fourth-order valence-electron chi connectivity index (χ4n) is 2.39. The number of hydrogen-bond acceptors (Lipinski definition) is 6. The van der Waals surface area contributed by atoms with Gasteiger partial charge in [0.1, 0.15) is 0 Å². The minimum Gasteiger partial charge on any atom is -0.466 e. The van der Waals surface area contributed by atoms with Crippen LogP contribution in [-0.2, 0) is 14.3 Å². The highest BCUT2D eigenvalue weighted by Gasteiger charge is 2.63. The second-order valence-electron chi connectivity index (χ2n) is 5.49. The number of aromatic nitrogens is 1. The van der Waals surface area contributed by atoms with Gasteiger partial charge in [0.2, 0.25) is 5.91 Å². The van der Waals surface area contributed by atoms with E-state index in [0.717, 1.165) is 36.5 Å². The lowest BCUT2D eigenvalue weighted by atomic mass is 10.1. The maximum absolute atomic E-state index is 13.7. The van der Waals surface area contributed by atoms with E-state index < -0.39 is 23.7 Å². The Balaban J connectivity index is 2.58. The van der Waals surface area contributed by atoms with Gasteiger partial charge in [-0.3, -0.25) is 4.79 Å². The van der Waals surface area contributed by atoms with Crippen LogP contribution in [0.5, 0.6) is 0 Å². The Morgan fingerprint density at radius 3 is 2.40 bits per heavy atom. The number of carbonyl (C=O) groups excluding carboxylic acids is 2. The van der Waals surface area contributed by atoms with Crippen molar-refractivity contribution in [1.82, 2.24) is 10.3 Å². The molecule has 1 aromatic carbocycles. The van der Waals surface area contributed by atoms with E-state index in [0.29, 0.717) is 10.2 Å². The Morgan fingerprint density at radius 1 is 1.24 bits per heavy atom. The highest BCUT2D eigenvalue weighted by molar-refractivity contribution is 7.22. The largest absolute Gasteiger partial charge is 0.466 e. The number of fused-ring (bicyclic) bond motifs is 1. The number of halogens is 3. The fraction of sp³-hybridized carbons (Fsp3) is 0.400. The van der Waals surface area contributed by atoms with Crippen LogP contribution in [0.4, 0.5) is 18.3 Å². The molecule has 136 valence electrons. The monoisotopic (exact) mass is 375 g/mol. The highest BCUT2D eigenvalue weighted by Crippen LogP contribution is 2.36. The Labute approximate surface area is 145 Å². The van der Waals surface area contributed by atoms with Crippen molar-refractivity contribution in [3.63, 3.8) is 0 Å². The molecule has 0 spiro atoms. The molecule has 0 saturated carbocycles. The molecule has 2 aromatic rings. The van der Waals surface area contributed by atoms with Crippen LogP contribution >= 0.6 is 11.3 Å². The zero-order chi connectivity index (χ0) is 19.0. The summed E-state index contributed by atoms with van der Waals surface area (Å²) in [6.45, 7) is 4.51. The van der Waals surface area contributed by atoms with E-state index in [1.165, 1.54) is 0 Å². The van der Waals surface area contributed by atoms with Gasteiger partial charge in [0.15, 0.2) is 5.13 Å². The number of benzene rings is 1. The summed E-state index contributed by atoms with van der Waals surface area (Å²) in [5.74, 6) is -2.74. The summed E-state index contributed by atoms with van der Waals surface area (Å²) in [7, 11) is 0.804. The number of amides is 1. The molecule has 1 atom stereocenters. The van der Waals surface area contributed by atoms with Crippen LogP contribution in [0.1, 0.15) is 18.1 Å². The lowest BCUT2D eigenvalue weighted by Crippen LogP contribution is -2.69. The molecule has 2 N–H and O–H groups in total. The van der Waals surface area contributed by atoms with Gasteiger partial charge in [-0.25, -0.2) is 9.78 Å². The third kappa shape index (κ3) is 3.53. The third-order valence-corrected chi connectivity index (χ3v) is 4.32. The lowest BCUT2D eigenvalue weighted by Gasteiger charge is -2.33. The van der Waals surface area contributed by atoms with E-state index in [9.17, 15) is 22.8 Å². The molecule has 0 fully saturated rings. The first kappa shape index (κ1) is 19.0. The quantitative estimate of drug-likeness (QED) is 0.635. The fourth-order valence-corrected chi connectivity index (χ4v) is 3.49. The van der Waals surface area contributed by atoms with E-state index in [2.05, 4.69) is 9.72 Å². The SMILES string of the molecule is COC(=O)[C@@](NC(C)=O)(Nc1nc2c(C)cc(C)cc2s1)C(F)(F)F. The molecule has 0 bridgehead atoms. The molecule has 0 aliphatic rings. The number of hydrogen-bond donors (Lipinski definition) is 2. The number of methoxy groups -OCH3 is 1. The van der Waals surface area contributed by atoms with Crippen LogP contribution in [0, 0.1) is 13.8 Å². The lowest BCUT2D eigenvalue weighted by molar-refractivity contribution is -0.206.